The van der Waals surface area contributed by atoms with Gasteiger partial charge in [-0.2, -0.15) is 0 Å². The first kappa shape index (κ1) is 12.0. The van der Waals surface area contributed by atoms with Gasteiger partial charge in [-0.25, -0.2) is 0 Å². The molecule has 0 spiro atoms. The maximum atomic E-state index is 2.63. The fourth-order valence-electron chi connectivity index (χ4n) is 3.39. The van der Waals surface area contributed by atoms with Crippen molar-refractivity contribution in [3.63, 3.8) is 0 Å². The Kier molecular flexibility index (Phi) is 3.30. The molecule has 2 heterocycles. The molecular weight excluding hydrogens is 170 g/mol. The van der Waals surface area contributed by atoms with Gasteiger partial charge in [0.25, 0.3) is 0 Å². The third-order valence-corrected chi connectivity index (χ3v) is 4.35. The summed E-state index contributed by atoms with van der Waals surface area (Å²) < 4.78 is 0. The first-order chi connectivity index (χ1) is 6.46. The van der Waals surface area contributed by atoms with Crippen molar-refractivity contribution in [3.8, 4) is 0 Å². The van der Waals surface area contributed by atoms with Crippen molar-refractivity contribution in [2.45, 2.75) is 48.0 Å². The molecule has 0 N–H and O–H groups in total. The van der Waals surface area contributed by atoms with Gasteiger partial charge in [0.2, 0.25) is 0 Å². The quantitative estimate of drug-likeness (QED) is 0.575. The minimum absolute atomic E-state index is 0.498. The fourth-order valence-corrected chi connectivity index (χ4v) is 3.39. The first-order valence-corrected chi connectivity index (χ1v) is 6.18. The first-order valence-electron chi connectivity index (χ1n) is 6.18. The molecule has 2 bridgehead atoms. The Morgan fingerprint density at radius 1 is 1.21 bits per heavy atom. The average molecular weight is 197 g/mol. The molecule has 0 saturated carbocycles. The van der Waals surface area contributed by atoms with Gasteiger partial charge in [0.05, 0.1) is 0 Å². The van der Waals surface area contributed by atoms with E-state index in [1.54, 1.807) is 0 Å². The highest BCUT2D eigenvalue weighted by Crippen LogP contribution is 2.55. The van der Waals surface area contributed by atoms with Crippen molar-refractivity contribution in [1.29, 1.82) is 0 Å². The monoisotopic (exact) mass is 197 g/mol. The van der Waals surface area contributed by atoms with Gasteiger partial charge >= 0.3 is 0 Å². The van der Waals surface area contributed by atoms with Crippen LogP contribution in [0.5, 0.6) is 0 Å². The van der Waals surface area contributed by atoms with Gasteiger partial charge in [-0.05, 0) is 29.7 Å². The summed E-state index contributed by atoms with van der Waals surface area (Å²) >= 11 is 0. The minimum atomic E-state index is 0.498. The van der Waals surface area contributed by atoms with Gasteiger partial charge < -0.3 is 4.90 Å². The summed E-state index contributed by atoms with van der Waals surface area (Å²) in [6, 6.07) is 0. The predicted octanol–water partition coefficient (Wildman–Crippen LogP) is 3.40. The zero-order valence-electron chi connectivity index (χ0n) is 10.9. The normalized spacial score (nSPS) is 40.7. The third-order valence-electron chi connectivity index (χ3n) is 4.35. The summed E-state index contributed by atoms with van der Waals surface area (Å²) in [6.45, 7) is 17.7. The van der Waals surface area contributed by atoms with Crippen molar-refractivity contribution >= 4 is 0 Å². The van der Waals surface area contributed by atoms with Gasteiger partial charge in [0, 0.05) is 13.1 Å². The number of nitrogens with zero attached hydrogens (tertiary/aromatic N) is 1. The molecule has 2 saturated heterocycles. The highest BCUT2D eigenvalue weighted by molar-refractivity contribution is 5.06. The number of hydrogen-bond donors (Lipinski definition) is 0. The molecule has 1 heteroatoms. The summed E-state index contributed by atoms with van der Waals surface area (Å²) in [5, 5.41) is 0. The van der Waals surface area contributed by atoms with E-state index in [-0.39, 0.29) is 0 Å². The Labute approximate surface area is 89.9 Å². The van der Waals surface area contributed by atoms with Crippen molar-refractivity contribution in [1.82, 2.24) is 4.90 Å². The summed E-state index contributed by atoms with van der Waals surface area (Å²) in [7, 11) is 0. The lowest BCUT2D eigenvalue weighted by atomic mass is 9.60. The van der Waals surface area contributed by atoms with Gasteiger partial charge in [0.1, 0.15) is 0 Å². The molecule has 0 radical (unpaired) electrons. The lowest BCUT2D eigenvalue weighted by Gasteiger charge is -2.43. The smallest absolute Gasteiger partial charge is 0.00466 e. The van der Waals surface area contributed by atoms with E-state index in [1.165, 1.54) is 26.1 Å². The summed E-state index contributed by atoms with van der Waals surface area (Å²) in [5.41, 5.74) is 1.13. The standard InChI is InChI=1S/C11H21N.C2H6/c1-9-7-12-6-5-11(9,8-12)10(2,3)4;1-2/h9H,5-8H2,1-4H3;1-2H3. The summed E-state index contributed by atoms with van der Waals surface area (Å²) in [5.74, 6) is 0.909. The molecule has 1 nitrogen and oxygen atoms in total. The van der Waals surface area contributed by atoms with Gasteiger partial charge in [0.15, 0.2) is 0 Å². The van der Waals surface area contributed by atoms with E-state index in [0.29, 0.717) is 10.8 Å². The molecule has 2 aliphatic heterocycles. The van der Waals surface area contributed by atoms with Crippen LogP contribution in [0.3, 0.4) is 0 Å². The Hall–Kier alpha value is -0.0400. The topological polar surface area (TPSA) is 3.24 Å². The molecule has 2 aliphatic rings. The Morgan fingerprint density at radius 2 is 1.79 bits per heavy atom. The number of rotatable bonds is 0. The molecule has 0 aliphatic carbocycles. The second-order valence-electron chi connectivity index (χ2n) is 5.79. The van der Waals surface area contributed by atoms with E-state index >= 15 is 0 Å². The van der Waals surface area contributed by atoms with Crippen molar-refractivity contribution < 1.29 is 0 Å². The largest absolute Gasteiger partial charge is 0.302 e. The average Bonchev–Trinajstić information content (AvgIpc) is 2.64. The molecule has 3 unspecified atom stereocenters. The molecule has 2 rings (SSSR count). The minimum Gasteiger partial charge on any atom is -0.302 e. The number of hydrogen-bond acceptors (Lipinski definition) is 1. The zero-order chi connectivity index (χ0) is 11.0. The maximum absolute atomic E-state index is 2.63. The van der Waals surface area contributed by atoms with Gasteiger partial charge in [-0.1, -0.05) is 41.5 Å². The van der Waals surface area contributed by atoms with Crippen LogP contribution in [0, 0.1) is 16.7 Å². The Bertz CT molecular complexity index is 192. The lowest BCUT2D eigenvalue weighted by Crippen LogP contribution is -2.40. The molecule has 0 aromatic carbocycles. The van der Waals surface area contributed by atoms with Crippen LogP contribution in [0.4, 0.5) is 0 Å². The SMILES string of the molecule is CC.CC1CN2CCC1(C(C)(C)C)C2. The van der Waals surface area contributed by atoms with Crippen molar-refractivity contribution in [3.05, 3.63) is 0 Å². The van der Waals surface area contributed by atoms with Crippen LogP contribution in [-0.2, 0) is 0 Å². The van der Waals surface area contributed by atoms with Crippen LogP contribution < -0.4 is 0 Å². The highest BCUT2D eigenvalue weighted by Gasteiger charge is 2.54. The van der Waals surface area contributed by atoms with Crippen LogP contribution >= 0.6 is 0 Å². The summed E-state index contributed by atoms with van der Waals surface area (Å²) in [4.78, 5) is 2.63. The lowest BCUT2D eigenvalue weighted by molar-refractivity contribution is 0.0660. The molecule has 0 aromatic heterocycles. The summed E-state index contributed by atoms with van der Waals surface area (Å²) in [6.07, 6.45) is 1.43. The van der Waals surface area contributed by atoms with Crippen molar-refractivity contribution in [2.24, 2.45) is 16.7 Å². The van der Waals surface area contributed by atoms with E-state index in [1.807, 2.05) is 13.8 Å². The van der Waals surface area contributed by atoms with E-state index in [4.69, 9.17) is 0 Å². The molecule has 0 aromatic rings. The van der Waals surface area contributed by atoms with Crippen LogP contribution in [-0.4, -0.2) is 24.5 Å². The molecule has 14 heavy (non-hydrogen) atoms. The van der Waals surface area contributed by atoms with Crippen LogP contribution in [0.25, 0.3) is 0 Å². The highest BCUT2D eigenvalue weighted by atomic mass is 15.2. The number of piperidine rings is 1. The van der Waals surface area contributed by atoms with Gasteiger partial charge in [-0.15, -0.1) is 0 Å². The Balaban J connectivity index is 0.000000461. The maximum Gasteiger partial charge on any atom is 0.00466 e. The molecule has 84 valence electrons. The second-order valence-corrected chi connectivity index (χ2v) is 5.79. The molecular formula is C13H27N. The van der Waals surface area contributed by atoms with E-state index < -0.39 is 0 Å². The van der Waals surface area contributed by atoms with Crippen molar-refractivity contribution in [2.75, 3.05) is 19.6 Å². The van der Waals surface area contributed by atoms with E-state index in [0.717, 1.165) is 5.92 Å². The predicted molar refractivity (Wildman–Crippen MR) is 63.5 cm³/mol. The van der Waals surface area contributed by atoms with E-state index in [9.17, 15) is 0 Å². The van der Waals surface area contributed by atoms with Crippen LogP contribution in [0.15, 0.2) is 0 Å². The fraction of sp³-hybridized carbons (Fsp3) is 1.00. The van der Waals surface area contributed by atoms with Crippen LogP contribution in [0.2, 0.25) is 0 Å². The third kappa shape index (κ3) is 1.60. The number of fused-ring (bicyclic) bond motifs is 2. The zero-order valence-corrected chi connectivity index (χ0v) is 10.9. The molecule has 2 fully saturated rings. The molecule has 0 amide bonds. The molecule has 3 atom stereocenters. The second kappa shape index (κ2) is 3.84. The van der Waals surface area contributed by atoms with Gasteiger partial charge in [-0.3, -0.25) is 0 Å². The Morgan fingerprint density at radius 3 is 2.00 bits per heavy atom. The van der Waals surface area contributed by atoms with E-state index in [2.05, 4.69) is 32.6 Å². The van der Waals surface area contributed by atoms with Crippen LogP contribution in [0.1, 0.15) is 48.0 Å².